The van der Waals surface area contributed by atoms with Crippen LogP contribution in [-0.4, -0.2) is 6.16 Å². The number of rotatable bonds is 5. The fraction of sp³-hybridized carbons (Fsp3) is 1.00. The minimum absolute atomic E-state index is 0.468. The molecule has 10 heavy (non-hydrogen) atoms. The van der Waals surface area contributed by atoms with Gasteiger partial charge in [0.1, 0.15) is 0 Å². The average Bonchev–Trinajstić information content (AvgIpc) is 1.78. The van der Waals surface area contributed by atoms with Crippen LogP contribution >= 0.6 is 28.3 Å². The number of halogens is 2. The van der Waals surface area contributed by atoms with E-state index in [9.17, 15) is 4.57 Å². The Morgan fingerprint density at radius 1 is 1.20 bits per heavy atom. The van der Waals surface area contributed by atoms with Crippen LogP contribution in [0.3, 0.4) is 0 Å². The van der Waals surface area contributed by atoms with Crippen LogP contribution < -0.4 is 0 Å². The van der Waals surface area contributed by atoms with Gasteiger partial charge in [0, 0.05) is 6.16 Å². The fourth-order valence-corrected chi connectivity index (χ4v) is 2.03. The Bertz CT molecular complexity index is 121. The predicted molar refractivity (Wildman–Crippen MR) is 48.3 cm³/mol. The van der Waals surface area contributed by atoms with Gasteiger partial charge < -0.3 is 0 Å². The van der Waals surface area contributed by atoms with Gasteiger partial charge in [-0.2, -0.15) is 0 Å². The molecule has 0 rings (SSSR count). The Kier molecular flexibility index (Phi) is 5.90. The summed E-state index contributed by atoms with van der Waals surface area (Å²) in [6.07, 6.45) is 4.79. The number of hydrogen-bond acceptors (Lipinski definition) is 1. The largest absolute Gasteiger partial charge is 0.289 e. The zero-order valence-electron chi connectivity index (χ0n) is 6.15. The first-order chi connectivity index (χ1) is 4.56. The highest BCUT2D eigenvalue weighted by molar-refractivity contribution is 8.08. The Morgan fingerprint density at radius 3 is 2.20 bits per heavy atom. The third kappa shape index (κ3) is 8.81. The lowest BCUT2D eigenvalue weighted by Crippen LogP contribution is -1.79. The normalized spacial score (nSPS) is 11.9. The zero-order valence-corrected chi connectivity index (χ0v) is 8.55. The van der Waals surface area contributed by atoms with Gasteiger partial charge in [0.05, 0.1) is 0 Å². The van der Waals surface area contributed by atoms with E-state index in [0.29, 0.717) is 6.16 Å². The average molecular weight is 203 g/mol. The molecule has 0 bridgehead atoms. The predicted octanol–water partition coefficient (Wildman–Crippen LogP) is 4.24. The second-order valence-corrected chi connectivity index (χ2v) is 7.74. The van der Waals surface area contributed by atoms with Gasteiger partial charge in [-0.15, -0.1) is 0 Å². The van der Waals surface area contributed by atoms with Crippen LogP contribution in [0.4, 0.5) is 0 Å². The standard InChI is InChI=1S/C6H13Cl2OP/c1-2-3-4-5-6-10(7,8)9/h2-6H2,1H3. The summed E-state index contributed by atoms with van der Waals surface area (Å²) in [4.78, 5) is 0. The molecule has 0 atom stereocenters. The highest BCUT2D eigenvalue weighted by Gasteiger charge is 2.11. The second kappa shape index (κ2) is 5.46. The lowest BCUT2D eigenvalue weighted by Gasteiger charge is -1.99. The van der Waals surface area contributed by atoms with Crippen LogP contribution in [-0.2, 0) is 4.57 Å². The van der Waals surface area contributed by atoms with E-state index in [0.717, 1.165) is 12.8 Å². The Hall–Kier alpha value is 0.810. The molecule has 62 valence electrons. The molecule has 0 saturated heterocycles. The van der Waals surface area contributed by atoms with Crippen LogP contribution in [0.2, 0.25) is 0 Å². The molecule has 0 spiro atoms. The van der Waals surface area contributed by atoms with E-state index in [2.05, 4.69) is 6.92 Å². The third-order valence-corrected chi connectivity index (χ3v) is 3.12. The number of hydrogen-bond donors (Lipinski definition) is 0. The van der Waals surface area contributed by atoms with Crippen molar-refractivity contribution in [2.45, 2.75) is 32.6 Å². The molecule has 0 amide bonds. The molecule has 0 aliphatic heterocycles. The molecular weight excluding hydrogens is 190 g/mol. The van der Waals surface area contributed by atoms with Crippen molar-refractivity contribution in [3.8, 4) is 0 Å². The molecule has 0 saturated carbocycles. The van der Waals surface area contributed by atoms with Crippen LogP contribution in [0, 0.1) is 0 Å². The summed E-state index contributed by atoms with van der Waals surface area (Å²) < 4.78 is 10.7. The van der Waals surface area contributed by atoms with Gasteiger partial charge in [-0.1, -0.05) is 26.2 Å². The maximum Gasteiger partial charge on any atom is 0.253 e. The zero-order chi connectivity index (χ0) is 8.04. The summed E-state index contributed by atoms with van der Waals surface area (Å²) in [6.45, 7) is 2.13. The fourth-order valence-electron chi connectivity index (χ4n) is 0.723. The molecule has 0 aromatic carbocycles. The van der Waals surface area contributed by atoms with Crippen molar-refractivity contribution in [2.24, 2.45) is 0 Å². The molecule has 0 aliphatic carbocycles. The van der Waals surface area contributed by atoms with Crippen molar-refractivity contribution in [3.05, 3.63) is 0 Å². The topological polar surface area (TPSA) is 17.1 Å². The molecule has 0 unspecified atom stereocenters. The maximum atomic E-state index is 10.7. The monoisotopic (exact) mass is 202 g/mol. The van der Waals surface area contributed by atoms with E-state index in [1.54, 1.807) is 0 Å². The van der Waals surface area contributed by atoms with Gasteiger partial charge in [-0.25, -0.2) is 0 Å². The van der Waals surface area contributed by atoms with Crippen LogP contribution in [0.25, 0.3) is 0 Å². The maximum absolute atomic E-state index is 10.7. The lowest BCUT2D eigenvalue weighted by atomic mass is 10.2. The Labute approximate surface area is 72.0 Å². The molecule has 0 fully saturated rings. The molecule has 1 nitrogen and oxygen atoms in total. The van der Waals surface area contributed by atoms with Crippen molar-refractivity contribution in [2.75, 3.05) is 6.16 Å². The van der Waals surface area contributed by atoms with E-state index < -0.39 is 5.85 Å². The second-order valence-electron chi connectivity index (χ2n) is 2.35. The Morgan fingerprint density at radius 2 is 1.80 bits per heavy atom. The highest BCUT2D eigenvalue weighted by atomic mass is 35.9. The van der Waals surface area contributed by atoms with Crippen LogP contribution in [0.1, 0.15) is 32.6 Å². The first-order valence-corrected chi connectivity index (χ1v) is 7.25. The summed E-state index contributed by atoms with van der Waals surface area (Å²) in [5.74, 6) is -2.76. The van der Waals surface area contributed by atoms with Gasteiger partial charge in [-0.05, 0) is 28.9 Å². The van der Waals surface area contributed by atoms with Gasteiger partial charge >= 0.3 is 0 Å². The van der Waals surface area contributed by atoms with Gasteiger partial charge in [0.15, 0.2) is 0 Å². The lowest BCUT2D eigenvalue weighted by molar-refractivity contribution is 0.588. The van der Waals surface area contributed by atoms with E-state index in [1.807, 2.05) is 0 Å². The first kappa shape index (κ1) is 10.8. The molecular formula is C6H13Cl2OP. The van der Waals surface area contributed by atoms with Gasteiger partial charge in [0.25, 0.3) is 5.85 Å². The van der Waals surface area contributed by atoms with Crippen molar-refractivity contribution in [1.29, 1.82) is 0 Å². The summed E-state index contributed by atoms with van der Waals surface area (Å²) in [5, 5.41) is 0. The molecule has 0 aromatic heterocycles. The third-order valence-electron chi connectivity index (χ3n) is 1.27. The molecule has 0 aliphatic rings. The van der Waals surface area contributed by atoms with E-state index in [4.69, 9.17) is 22.5 Å². The van der Waals surface area contributed by atoms with E-state index >= 15 is 0 Å². The van der Waals surface area contributed by atoms with Gasteiger partial charge in [0.2, 0.25) is 0 Å². The summed E-state index contributed by atoms with van der Waals surface area (Å²) in [6, 6.07) is 0. The van der Waals surface area contributed by atoms with Crippen LogP contribution in [0.5, 0.6) is 0 Å². The quantitative estimate of drug-likeness (QED) is 0.482. The molecule has 4 heteroatoms. The van der Waals surface area contributed by atoms with E-state index in [-0.39, 0.29) is 0 Å². The van der Waals surface area contributed by atoms with Crippen LogP contribution in [0.15, 0.2) is 0 Å². The summed E-state index contributed by atoms with van der Waals surface area (Å²) in [5.41, 5.74) is 0. The minimum Gasteiger partial charge on any atom is -0.289 e. The van der Waals surface area contributed by atoms with Crippen molar-refractivity contribution < 1.29 is 4.57 Å². The van der Waals surface area contributed by atoms with E-state index in [1.165, 1.54) is 12.8 Å². The molecule has 0 aromatic rings. The smallest absolute Gasteiger partial charge is 0.253 e. The number of unbranched alkanes of at least 4 members (excludes halogenated alkanes) is 3. The van der Waals surface area contributed by atoms with Crippen molar-refractivity contribution >= 4 is 28.3 Å². The SMILES string of the molecule is CCCCCCP(=O)(Cl)Cl. The highest BCUT2D eigenvalue weighted by Crippen LogP contribution is 2.57. The summed E-state index contributed by atoms with van der Waals surface area (Å²) in [7, 11) is 0. The molecule has 0 N–H and O–H groups in total. The minimum atomic E-state index is -2.76. The van der Waals surface area contributed by atoms with Crippen molar-refractivity contribution in [3.63, 3.8) is 0 Å². The first-order valence-electron chi connectivity index (χ1n) is 3.54. The van der Waals surface area contributed by atoms with Gasteiger partial charge in [-0.3, -0.25) is 4.57 Å². The Balaban J connectivity index is 3.13. The molecule has 0 radical (unpaired) electrons. The summed E-state index contributed by atoms with van der Waals surface area (Å²) >= 11 is 10.7. The van der Waals surface area contributed by atoms with Crippen molar-refractivity contribution in [1.82, 2.24) is 0 Å². The molecule has 0 heterocycles.